The van der Waals surface area contributed by atoms with Gasteiger partial charge in [0.25, 0.3) is 0 Å². The van der Waals surface area contributed by atoms with Crippen molar-refractivity contribution in [1.82, 2.24) is 0 Å². The van der Waals surface area contributed by atoms with E-state index in [-0.39, 0.29) is 0 Å². The highest BCUT2D eigenvalue weighted by molar-refractivity contribution is 5.88. The Bertz CT molecular complexity index is 616. The van der Waals surface area contributed by atoms with Gasteiger partial charge in [0, 0.05) is 6.07 Å². The van der Waals surface area contributed by atoms with Crippen molar-refractivity contribution >= 4 is 11.7 Å². The number of hydroxylamine groups is 1. The van der Waals surface area contributed by atoms with Crippen LogP contribution in [-0.2, 0) is 0 Å². The zero-order valence-corrected chi connectivity index (χ0v) is 11.8. The third-order valence-corrected chi connectivity index (χ3v) is 2.74. The summed E-state index contributed by atoms with van der Waals surface area (Å²) in [5.74, 6) is 1.46. The molecule has 0 aliphatic carbocycles. The average molecular weight is 288 g/mol. The minimum Gasteiger partial charge on any atom is -0.493 e. The number of carbonyl (C=O) groups excluding carboxylic acids is 1. The largest absolute Gasteiger partial charge is 0.493 e. The molecule has 0 fully saturated rings. The molecule has 0 aromatic heterocycles. The Morgan fingerprint density at radius 1 is 1.00 bits per heavy atom. The number of carbonyl (C=O) groups is 1. The highest BCUT2D eigenvalue weighted by Gasteiger charge is 2.16. The molecule has 0 unspecified atom stereocenters. The van der Waals surface area contributed by atoms with Gasteiger partial charge in [0.15, 0.2) is 17.2 Å². The Morgan fingerprint density at radius 3 is 2.24 bits per heavy atom. The minimum absolute atomic E-state index is 0.398. The quantitative estimate of drug-likeness (QED) is 0.858. The zero-order chi connectivity index (χ0) is 15.2. The van der Waals surface area contributed by atoms with E-state index >= 15 is 0 Å². The van der Waals surface area contributed by atoms with Crippen molar-refractivity contribution in [1.29, 1.82) is 0 Å². The van der Waals surface area contributed by atoms with Gasteiger partial charge >= 0.3 is 6.03 Å². The molecular formula is C15H16N2O4. The second-order valence-corrected chi connectivity index (χ2v) is 4.08. The number of hydrogen-bond acceptors (Lipinski definition) is 4. The number of anilines is 1. The molecule has 0 radical (unpaired) electrons. The molecule has 0 spiro atoms. The van der Waals surface area contributed by atoms with Crippen molar-refractivity contribution in [3.63, 3.8) is 0 Å². The summed E-state index contributed by atoms with van der Waals surface area (Å²) in [6.07, 6.45) is 0. The Balaban J connectivity index is 2.28. The van der Waals surface area contributed by atoms with Crippen molar-refractivity contribution in [2.75, 3.05) is 19.3 Å². The van der Waals surface area contributed by atoms with Gasteiger partial charge in [0.05, 0.1) is 19.9 Å². The summed E-state index contributed by atoms with van der Waals surface area (Å²) >= 11 is 0. The molecule has 0 aliphatic heterocycles. The van der Waals surface area contributed by atoms with Gasteiger partial charge in [-0.1, -0.05) is 18.2 Å². The normalized spacial score (nSPS) is 9.81. The third kappa shape index (κ3) is 3.36. The summed E-state index contributed by atoms with van der Waals surface area (Å²) in [5.41, 5.74) is 5.88. The van der Waals surface area contributed by atoms with Gasteiger partial charge in [-0.3, -0.25) is 0 Å². The summed E-state index contributed by atoms with van der Waals surface area (Å²) in [6.45, 7) is 0. The molecule has 0 atom stereocenters. The lowest BCUT2D eigenvalue weighted by molar-refractivity contribution is 0.220. The van der Waals surface area contributed by atoms with Crippen LogP contribution in [0, 0.1) is 0 Å². The van der Waals surface area contributed by atoms with E-state index in [0.29, 0.717) is 22.9 Å². The Morgan fingerprint density at radius 2 is 1.67 bits per heavy atom. The summed E-state index contributed by atoms with van der Waals surface area (Å²) < 4.78 is 10.3. The van der Waals surface area contributed by atoms with Crippen LogP contribution in [0.4, 0.5) is 10.5 Å². The molecule has 0 saturated carbocycles. The molecule has 0 aliphatic rings. The number of nitrogens with two attached hydrogens (primary N) is 1. The number of amides is 2. The van der Waals surface area contributed by atoms with E-state index in [0.717, 1.165) is 5.06 Å². The van der Waals surface area contributed by atoms with Crippen molar-refractivity contribution in [3.8, 4) is 17.2 Å². The van der Waals surface area contributed by atoms with Gasteiger partial charge in [-0.2, -0.15) is 0 Å². The fourth-order valence-electron chi connectivity index (χ4n) is 1.77. The Kier molecular flexibility index (Phi) is 4.50. The van der Waals surface area contributed by atoms with Crippen LogP contribution in [-0.4, -0.2) is 20.3 Å². The van der Waals surface area contributed by atoms with Crippen molar-refractivity contribution < 1.29 is 19.1 Å². The molecule has 110 valence electrons. The van der Waals surface area contributed by atoms with E-state index < -0.39 is 6.03 Å². The first-order chi connectivity index (χ1) is 10.2. The summed E-state index contributed by atoms with van der Waals surface area (Å²) in [6, 6.07) is 13.0. The van der Waals surface area contributed by atoms with Gasteiger partial charge in [0.1, 0.15) is 0 Å². The van der Waals surface area contributed by atoms with Crippen LogP contribution >= 0.6 is 0 Å². The molecule has 2 aromatic rings. The maximum Gasteiger partial charge on any atom is 0.352 e. The number of methoxy groups -OCH3 is 2. The average Bonchev–Trinajstić information content (AvgIpc) is 2.52. The predicted octanol–water partition coefficient (Wildman–Crippen LogP) is 2.58. The topological polar surface area (TPSA) is 74.0 Å². The standard InChI is InChI=1S/C15H16N2O4/c1-19-13-9-8-12(10-14(13)20-2)21-17(15(16)18)11-6-4-3-5-7-11/h3-10H,1-2H3,(H2,16,18). The van der Waals surface area contributed by atoms with Crippen LogP contribution in [0.15, 0.2) is 48.5 Å². The highest BCUT2D eigenvalue weighted by atomic mass is 16.7. The maximum absolute atomic E-state index is 11.5. The third-order valence-electron chi connectivity index (χ3n) is 2.74. The number of urea groups is 1. The molecular weight excluding hydrogens is 272 g/mol. The fraction of sp³-hybridized carbons (Fsp3) is 0.133. The van der Waals surface area contributed by atoms with Gasteiger partial charge < -0.3 is 20.0 Å². The van der Waals surface area contributed by atoms with Crippen LogP contribution < -0.4 is 25.1 Å². The lowest BCUT2D eigenvalue weighted by Gasteiger charge is -2.20. The second-order valence-electron chi connectivity index (χ2n) is 4.08. The Labute approximate surface area is 122 Å². The van der Waals surface area contributed by atoms with Crippen LogP contribution in [0.5, 0.6) is 17.2 Å². The van der Waals surface area contributed by atoms with Crippen molar-refractivity contribution in [3.05, 3.63) is 48.5 Å². The van der Waals surface area contributed by atoms with Crippen LogP contribution in [0.2, 0.25) is 0 Å². The van der Waals surface area contributed by atoms with E-state index in [4.69, 9.17) is 20.0 Å². The van der Waals surface area contributed by atoms with Gasteiger partial charge in [-0.15, -0.1) is 5.06 Å². The van der Waals surface area contributed by atoms with E-state index in [1.165, 1.54) is 14.2 Å². The number of ether oxygens (including phenoxy) is 2. The van der Waals surface area contributed by atoms with Gasteiger partial charge in [-0.25, -0.2) is 4.79 Å². The first-order valence-corrected chi connectivity index (χ1v) is 6.20. The zero-order valence-electron chi connectivity index (χ0n) is 11.8. The van der Waals surface area contributed by atoms with E-state index in [1.54, 1.807) is 42.5 Å². The first-order valence-electron chi connectivity index (χ1n) is 6.20. The number of primary amides is 1. The number of benzene rings is 2. The lowest BCUT2D eigenvalue weighted by Crippen LogP contribution is -2.38. The van der Waals surface area contributed by atoms with Crippen LogP contribution in [0.25, 0.3) is 0 Å². The minimum atomic E-state index is -0.726. The molecule has 2 rings (SSSR count). The highest BCUT2D eigenvalue weighted by Crippen LogP contribution is 2.31. The molecule has 0 saturated heterocycles. The van der Waals surface area contributed by atoms with Gasteiger partial charge in [-0.05, 0) is 24.3 Å². The molecule has 6 nitrogen and oxygen atoms in total. The van der Waals surface area contributed by atoms with E-state index in [2.05, 4.69) is 0 Å². The molecule has 2 N–H and O–H groups in total. The molecule has 6 heteroatoms. The predicted molar refractivity (Wildman–Crippen MR) is 78.7 cm³/mol. The smallest absolute Gasteiger partial charge is 0.352 e. The lowest BCUT2D eigenvalue weighted by atomic mass is 10.3. The van der Waals surface area contributed by atoms with Gasteiger partial charge in [0.2, 0.25) is 0 Å². The van der Waals surface area contributed by atoms with Crippen LogP contribution in [0.1, 0.15) is 0 Å². The van der Waals surface area contributed by atoms with Crippen molar-refractivity contribution in [2.45, 2.75) is 0 Å². The molecule has 0 bridgehead atoms. The number of rotatable bonds is 5. The number of hydrogen-bond donors (Lipinski definition) is 1. The fourth-order valence-corrected chi connectivity index (χ4v) is 1.77. The maximum atomic E-state index is 11.5. The number of nitrogens with zero attached hydrogens (tertiary/aromatic N) is 1. The first kappa shape index (κ1) is 14.5. The Hall–Kier alpha value is -2.89. The summed E-state index contributed by atoms with van der Waals surface area (Å²) in [5, 5.41) is 1.00. The van der Waals surface area contributed by atoms with Crippen LogP contribution in [0.3, 0.4) is 0 Å². The monoisotopic (exact) mass is 288 g/mol. The summed E-state index contributed by atoms with van der Waals surface area (Å²) in [7, 11) is 3.06. The molecule has 0 heterocycles. The molecule has 21 heavy (non-hydrogen) atoms. The van der Waals surface area contributed by atoms with E-state index in [1.807, 2.05) is 6.07 Å². The number of para-hydroxylation sites is 1. The molecule has 2 aromatic carbocycles. The second kappa shape index (κ2) is 6.51. The summed E-state index contributed by atoms with van der Waals surface area (Å²) in [4.78, 5) is 17.1. The van der Waals surface area contributed by atoms with Crippen molar-refractivity contribution in [2.24, 2.45) is 5.73 Å². The molecule has 2 amide bonds. The SMILES string of the molecule is COc1ccc(ON(C(N)=O)c2ccccc2)cc1OC. The van der Waals surface area contributed by atoms with E-state index in [9.17, 15) is 4.79 Å².